The van der Waals surface area contributed by atoms with E-state index in [9.17, 15) is 4.79 Å². The predicted molar refractivity (Wildman–Crippen MR) is 79.1 cm³/mol. The number of amides is 1. The number of aromatic nitrogens is 4. The number of hydrogen-bond acceptors (Lipinski definition) is 3. The Morgan fingerprint density at radius 1 is 1.33 bits per heavy atom. The third kappa shape index (κ3) is 2.46. The smallest absolute Gasteiger partial charge is 0.227 e. The molecule has 112 valence electrons. The Kier molecular flexibility index (Phi) is 3.31. The van der Waals surface area contributed by atoms with Gasteiger partial charge in [0.25, 0.3) is 0 Å². The zero-order chi connectivity index (χ0) is 15.1. The normalized spacial score (nSPS) is 15.3. The molecule has 0 aliphatic carbocycles. The minimum atomic E-state index is 0.167. The molecule has 0 saturated carbocycles. The van der Waals surface area contributed by atoms with Crippen LogP contribution in [-0.2, 0) is 11.2 Å². The molecule has 1 saturated heterocycles. The minimum absolute atomic E-state index is 0.167. The zero-order valence-electron chi connectivity index (χ0n) is 13.0. The highest BCUT2D eigenvalue weighted by Gasteiger charge is 2.33. The molecule has 0 aromatic carbocycles. The molecule has 1 aliphatic rings. The first-order valence-electron chi connectivity index (χ1n) is 7.26. The fourth-order valence-corrected chi connectivity index (χ4v) is 2.93. The standard InChI is InChI=1S/C15H21N5O/c1-9-5-10(2)20(18-9)13-7-19(8-13)15(21)6-14-11(3)16-17-12(14)4/h5,13H,6-8H2,1-4H3,(H,16,17). The molecule has 3 rings (SSSR count). The summed E-state index contributed by atoms with van der Waals surface area (Å²) in [4.78, 5) is 14.2. The summed E-state index contributed by atoms with van der Waals surface area (Å²) in [6, 6.07) is 2.39. The van der Waals surface area contributed by atoms with E-state index in [1.165, 1.54) is 0 Å². The molecule has 1 N–H and O–H groups in total. The van der Waals surface area contributed by atoms with E-state index in [1.807, 2.05) is 30.4 Å². The second-order valence-electron chi connectivity index (χ2n) is 5.91. The number of rotatable bonds is 3. The van der Waals surface area contributed by atoms with Crippen LogP contribution in [0, 0.1) is 27.7 Å². The van der Waals surface area contributed by atoms with E-state index in [0.717, 1.165) is 41.4 Å². The summed E-state index contributed by atoms with van der Waals surface area (Å²) in [5, 5.41) is 11.6. The van der Waals surface area contributed by atoms with E-state index in [-0.39, 0.29) is 5.91 Å². The minimum Gasteiger partial charge on any atom is -0.338 e. The largest absolute Gasteiger partial charge is 0.338 e. The maximum Gasteiger partial charge on any atom is 0.227 e. The molecular weight excluding hydrogens is 266 g/mol. The fourth-order valence-electron chi connectivity index (χ4n) is 2.93. The van der Waals surface area contributed by atoms with Gasteiger partial charge in [0.15, 0.2) is 0 Å². The van der Waals surface area contributed by atoms with Crippen LogP contribution >= 0.6 is 0 Å². The van der Waals surface area contributed by atoms with Crippen LogP contribution in [0.3, 0.4) is 0 Å². The first-order chi connectivity index (χ1) is 9.95. The van der Waals surface area contributed by atoms with Crippen LogP contribution < -0.4 is 0 Å². The van der Waals surface area contributed by atoms with Crippen molar-refractivity contribution in [1.82, 2.24) is 24.9 Å². The van der Waals surface area contributed by atoms with E-state index in [2.05, 4.69) is 28.3 Å². The van der Waals surface area contributed by atoms with Gasteiger partial charge in [-0.05, 0) is 33.8 Å². The third-order valence-corrected chi connectivity index (χ3v) is 4.21. The van der Waals surface area contributed by atoms with Gasteiger partial charge in [-0.15, -0.1) is 0 Å². The average Bonchev–Trinajstić information content (AvgIpc) is 2.84. The number of likely N-dealkylation sites (tertiary alicyclic amines) is 1. The highest BCUT2D eigenvalue weighted by molar-refractivity contribution is 5.80. The van der Waals surface area contributed by atoms with Gasteiger partial charge < -0.3 is 4.90 Å². The van der Waals surface area contributed by atoms with Crippen LogP contribution in [-0.4, -0.2) is 43.9 Å². The van der Waals surface area contributed by atoms with Gasteiger partial charge in [0.2, 0.25) is 5.91 Å². The van der Waals surface area contributed by atoms with Gasteiger partial charge in [0.1, 0.15) is 0 Å². The van der Waals surface area contributed by atoms with E-state index in [1.54, 1.807) is 0 Å². The molecule has 1 fully saturated rings. The second-order valence-corrected chi connectivity index (χ2v) is 5.91. The van der Waals surface area contributed by atoms with E-state index >= 15 is 0 Å². The van der Waals surface area contributed by atoms with Gasteiger partial charge >= 0.3 is 0 Å². The van der Waals surface area contributed by atoms with Crippen molar-refractivity contribution in [3.63, 3.8) is 0 Å². The first kappa shape index (κ1) is 13.9. The van der Waals surface area contributed by atoms with Crippen molar-refractivity contribution >= 4 is 5.91 Å². The van der Waals surface area contributed by atoms with Gasteiger partial charge in [-0.25, -0.2) is 0 Å². The Morgan fingerprint density at radius 3 is 2.57 bits per heavy atom. The summed E-state index contributed by atoms with van der Waals surface area (Å²) in [6.45, 7) is 9.43. The van der Waals surface area contributed by atoms with Crippen molar-refractivity contribution in [2.45, 2.75) is 40.2 Å². The molecule has 1 amide bonds. The summed E-state index contributed by atoms with van der Waals surface area (Å²) in [7, 11) is 0. The van der Waals surface area contributed by atoms with Gasteiger partial charge in [0, 0.05) is 30.0 Å². The van der Waals surface area contributed by atoms with Crippen LogP contribution in [0.5, 0.6) is 0 Å². The zero-order valence-corrected chi connectivity index (χ0v) is 13.0. The SMILES string of the molecule is Cc1cc(C)n(C2CN(C(=O)Cc3c(C)n[nH]c3C)C2)n1. The third-order valence-electron chi connectivity index (χ3n) is 4.21. The Bertz CT molecular complexity index is 659. The van der Waals surface area contributed by atoms with Crippen molar-refractivity contribution < 1.29 is 4.79 Å². The second kappa shape index (κ2) is 5.02. The van der Waals surface area contributed by atoms with Crippen LogP contribution in [0.4, 0.5) is 0 Å². The van der Waals surface area contributed by atoms with Gasteiger partial charge in [0.05, 0.1) is 23.9 Å². The van der Waals surface area contributed by atoms with E-state index in [4.69, 9.17) is 0 Å². The van der Waals surface area contributed by atoms with E-state index < -0.39 is 0 Å². The summed E-state index contributed by atoms with van der Waals surface area (Å²) >= 11 is 0. The lowest BCUT2D eigenvalue weighted by atomic mass is 10.0. The summed E-state index contributed by atoms with van der Waals surface area (Å²) < 4.78 is 2.04. The molecule has 1 aliphatic heterocycles. The van der Waals surface area contributed by atoms with Crippen molar-refractivity contribution in [2.75, 3.05) is 13.1 Å². The lowest BCUT2D eigenvalue weighted by Gasteiger charge is -2.39. The molecule has 6 nitrogen and oxygen atoms in total. The monoisotopic (exact) mass is 287 g/mol. The summed E-state index contributed by atoms with van der Waals surface area (Å²) in [5.41, 5.74) is 5.11. The topological polar surface area (TPSA) is 66.8 Å². The summed E-state index contributed by atoms with van der Waals surface area (Å²) in [5.74, 6) is 0.167. The maximum absolute atomic E-state index is 12.3. The molecule has 2 aromatic rings. The summed E-state index contributed by atoms with van der Waals surface area (Å²) in [6.07, 6.45) is 0.429. The molecular formula is C15H21N5O. The number of carbonyl (C=O) groups excluding carboxylic acids is 1. The molecule has 0 unspecified atom stereocenters. The van der Waals surface area contributed by atoms with Crippen molar-refractivity contribution in [3.8, 4) is 0 Å². The molecule has 0 radical (unpaired) electrons. The average molecular weight is 287 g/mol. The van der Waals surface area contributed by atoms with Gasteiger partial charge in [-0.2, -0.15) is 10.2 Å². The molecule has 0 bridgehead atoms. The molecule has 0 atom stereocenters. The van der Waals surface area contributed by atoms with Gasteiger partial charge in [-0.1, -0.05) is 0 Å². The Labute approximate surface area is 124 Å². The number of nitrogens with one attached hydrogen (secondary N) is 1. The Balaban J connectivity index is 1.61. The quantitative estimate of drug-likeness (QED) is 0.929. The molecule has 6 heteroatoms. The number of nitrogens with zero attached hydrogens (tertiary/aromatic N) is 4. The fraction of sp³-hybridized carbons (Fsp3) is 0.533. The van der Waals surface area contributed by atoms with E-state index in [0.29, 0.717) is 12.5 Å². The Hall–Kier alpha value is -2.11. The van der Waals surface area contributed by atoms with Crippen LogP contribution in [0.25, 0.3) is 0 Å². The molecule has 0 spiro atoms. The lowest BCUT2D eigenvalue weighted by Crippen LogP contribution is -2.51. The van der Waals surface area contributed by atoms with Crippen LogP contribution in [0.2, 0.25) is 0 Å². The van der Waals surface area contributed by atoms with Crippen LogP contribution in [0.1, 0.15) is 34.4 Å². The van der Waals surface area contributed by atoms with Crippen molar-refractivity contribution in [2.24, 2.45) is 0 Å². The maximum atomic E-state index is 12.3. The number of aryl methyl sites for hydroxylation is 4. The first-order valence-corrected chi connectivity index (χ1v) is 7.26. The highest BCUT2D eigenvalue weighted by atomic mass is 16.2. The highest BCUT2D eigenvalue weighted by Crippen LogP contribution is 2.24. The number of aromatic amines is 1. The predicted octanol–water partition coefficient (Wildman–Crippen LogP) is 1.47. The Morgan fingerprint density at radius 2 is 2.05 bits per heavy atom. The number of H-pyrrole nitrogens is 1. The molecule has 3 heterocycles. The van der Waals surface area contributed by atoms with Gasteiger partial charge in [-0.3, -0.25) is 14.6 Å². The lowest BCUT2D eigenvalue weighted by molar-refractivity contribution is -0.136. The molecule has 2 aromatic heterocycles. The number of carbonyl (C=O) groups is 1. The van der Waals surface area contributed by atoms with Crippen molar-refractivity contribution in [1.29, 1.82) is 0 Å². The number of hydrogen-bond donors (Lipinski definition) is 1. The van der Waals surface area contributed by atoms with Crippen LogP contribution in [0.15, 0.2) is 6.07 Å². The van der Waals surface area contributed by atoms with Crippen molar-refractivity contribution in [3.05, 3.63) is 34.4 Å². The molecule has 21 heavy (non-hydrogen) atoms.